The highest BCUT2D eigenvalue weighted by atomic mass is 16.4. The summed E-state index contributed by atoms with van der Waals surface area (Å²) in [4.78, 5) is 14.7. The molecule has 0 aliphatic rings. The molecule has 0 bridgehead atoms. The number of hydrogen-bond donors (Lipinski definition) is 1. The zero-order valence-electron chi connectivity index (χ0n) is 8.79. The molecule has 0 aliphatic carbocycles. The molecule has 1 N–H and O–H groups in total. The van der Waals surface area contributed by atoms with Crippen LogP contribution in [0.3, 0.4) is 0 Å². The molecular weight excluding hydrogens is 206 g/mol. The molecule has 0 saturated carbocycles. The van der Waals surface area contributed by atoms with Crippen LogP contribution in [0, 0.1) is 6.92 Å². The van der Waals surface area contributed by atoms with Gasteiger partial charge in [0.05, 0.1) is 24.0 Å². The standard InChI is InChI=1S/C11H11N3O2/c1-8-4-13-14(6-8)7-10-3-2-9(5-12-10)11(15)16/h2-6H,7H2,1H3,(H,15,16). The Morgan fingerprint density at radius 2 is 2.25 bits per heavy atom. The molecule has 0 amide bonds. The molecule has 2 heterocycles. The van der Waals surface area contributed by atoms with E-state index in [1.54, 1.807) is 23.0 Å². The Morgan fingerprint density at radius 3 is 2.75 bits per heavy atom. The van der Waals surface area contributed by atoms with Crippen LogP contribution >= 0.6 is 0 Å². The number of rotatable bonds is 3. The lowest BCUT2D eigenvalue weighted by atomic mass is 10.2. The molecule has 5 heteroatoms. The fourth-order valence-electron chi connectivity index (χ4n) is 1.36. The number of carbonyl (C=O) groups is 1. The van der Waals surface area contributed by atoms with Gasteiger partial charge in [-0.05, 0) is 24.6 Å². The third-order valence-corrected chi connectivity index (χ3v) is 2.16. The molecular formula is C11H11N3O2. The SMILES string of the molecule is Cc1cnn(Cc2ccc(C(=O)O)cn2)c1. The Labute approximate surface area is 92.4 Å². The van der Waals surface area contributed by atoms with Crippen LogP contribution in [0.4, 0.5) is 0 Å². The Kier molecular flexibility index (Phi) is 2.68. The Morgan fingerprint density at radius 1 is 1.44 bits per heavy atom. The van der Waals surface area contributed by atoms with Gasteiger partial charge in [-0.3, -0.25) is 9.67 Å². The molecule has 2 rings (SSSR count). The number of hydrogen-bond acceptors (Lipinski definition) is 3. The van der Waals surface area contributed by atoms with Crippen LogP contribution in [0.15, 0.2) is 30.7 Å². The highest BCUT2D eigenvalue weighted by Gasteiger charge is 2.03. The molecule has 2 aromatic heterocycles. The molecule has 0 fully saturated rings. The average molecular weight is 217 g/mol. The van der Waals surface area contributed by atoms with Gasteiger partial charge in [0.25, 0.3) is 0 Å². The first kappa shape index (κ1) is 10.4. The highest BCUT2D eigenvalue weighted by molar-refractivity contribution is 5.87. The number of carboxylic acid groups (broad SMARTS) is 1. The highest BCUT2D eigenvalue weighted by Crippen LogP contribution is 2.03. The summed E-state index contributed by atoms with van der Waals surface area (Å²) in [7, 11) is 0. The summed E-state index contributed by atoms with van der Waals surface area (Å²) >= 11 is 0. The summed E-state index contributed by atoms with van der Waals surface area (Å²) < 4.78 is 1.76. The van der Waals surface area contributed by atoms with Crippen molar-refractivity contribution < 1.29 is 9.90 Å². The molecule has 16 heavy (non-hydrogen) atoms. The average Bonchev–Trinajstić information content (AvgIpc) is 2.65. The molecule has 0 saturated heterocycles. The van der Waals surface area contributed by atoms with Crippen molar-refractivity contribution in [2.75, 3.05) is 0 Å². The number of aryl methyl sites for hydroxylation is 1. The number of aromatic nitrogens is 3. The van der Waals surface area contributed by atoms with Crippen molar-refractivity contribution in [1.29, 1.82) is 0 Å². The summed E-state index contributed by atoms with van der Waals surface area (Å²) in [6.45, 7) is 2.51. The van der Waals surface area contributed by atoms with Crippen molar-refractivity contribution in [3.63, 3.8) is 0 Å². The lowest BCUT2D eigenvalue weighted by Gasteiger charge is -2.01. The maximum atomic E-state index is 10.6. The lowest BCUT2D eigenvalue weighted by molar-refractivity contribution is 0.0696. The van der Waals surface area contributed by atoms with Gasteiger partial charge in [0.1, 0.15) is 0 Å². The molecule has 2 aromatic rings. The molecule has 0 atom stereocenters. The molecule has 0 aliphatic heterocycles. The third kappa shape index (κ3) is 2.25. The van der Waals surface area contributed by atoms with Crippen LogP contribution < -0.4 is 0 Å². The van der Waals surface area contributed by atoms with Crippen LogP contribution in [0.1, 0.15) is 21.6 Å². The van der Waals surface area contributed by atoms with Gasteiger partial charge in [-0.15, -0.1) is 0 Å². The van der Waals surface area contributed by atoms with E-state index in [4.69, 9.17) is 5.11 Å². The fourth-order valence-corrected chi connectivity index (χ4v) is 1.36. The van der Waals surface area contributed by atoms with E-state index >= 15 is 0 Å². The van der Waals surface area contributed by atoms with E-state index in [0.29, 0.717) is 6.54 Å². The quantitative estimate of drug-likeness (QED) is 0.842. The lowest BCUT2D eigenvalue weighted by Crippen LogP contribution is -2.04. The van der Waals surface area contributed by atoms with Crippen LogP contribution in [0.25, 0.3) is 0 Å². The maximum Gasteiger partial charge on any atom is 0.337 e. The number of pyridine rings is 1. The smallest absolute Gasteiger partial charge is 0.337 e. The summed E-state index contributed by atoms with van der Waals surface area (Å²) in [5.74, 6) is -0.964. The number of carboxylic acids is 1. The van der Waals surface area contributed by atoms with Crippen LogP contribution in [0.5, 0.6) is 0 Å². The maximum absolute atomic E-state index is 10.6. The second kappa shape index (κ2) is 4.14. The Hall–Kier alpha value is -2.17. The van der Waals surface area contributed by atoms with Crippen molar-refractivity contribution in [3.05, 3.63) is 47.5 Å². The van der Waals surface area contributed by atoms with Crippen LogP contribution in [-0.2, 0) is 6.54 Å². The van der Waals surface area contributed by atoms with Crippen LogP contribution in [-0.4, -0.2) is 25.8 Å². The van der Waals surface area contributed by atoms with Crippen molar-refractivity contribution in [2.45, 2.75) is 13.5 Å². The van der Waals surface area contributed by atoms with Crippen LogP contribution in [0.2, 0.25) is 0 Å². The van der Waals surface area contributed by atoms with E-state index in [9.17, 15) is 4.79 Å². The Balaban J connectivity index is 2.14. The topological polar surface area (TPSA) is 68.0 Å². The van der Waals surface area contributed by atoms with Gasteiger partial charge in [-0.1, -0.05) is 0 Å². The molecule has 0 unspecified atom stereocenters. The van der Waals surface area contributed by atoms with E-state index in [2.05, 4.69) is 10.1 Å². The zero-order chi connectivity index (χ0) is 11.5. The first-order chi connectivity index (χ1) is 7.65. The predicted octanol–water partition coefficient (Wildman–Crippen LogP) is 1.33. The van der Waals surface area contributed by atoms with Gasteiger partial charge < -0.3 is 5.11 Å². The van der Waals surface area contributed by atoms with Crippen molar-refractivity contribution in [3.8, 4) is 0 Å². The normalized spacial score (nSPS) is 10.3. The molecule has 0 spiro atoms. The van der Waals surface area contributed by atoms with Gasteiger partial charge >= 0.3 is 5.97 Å². The first-order valence-electron chi connectivity index (χ1n) is 4.82. The first-order valence-corrected chi connectivity index (χ1v) is 4.82. The van der Waals surface area contributed by atoms with E-state index < -0.39 is 5.97 Å². The minimum Gasteiger partial charge on any atom is -0.478 e. The summed E-state index contributed by atoms with van der Waals surface area (Å²) in [5, 5.41) is 12.8. The van der Waals surface area contributed by atoms with E-state index in [1.165, 1.54) is 6.20 Å². The predicted molar refractivity (Wildman–Crippen MR) is 57.3 cm³/mol. The van der Waals surface area contributed by atoms with Gasteiger partial charge in [-0.25, -0.2) is 4.79 Å². The fraction of sp³-hybridized carbons (Fsp3) is 0.182. The van der Waals surface area contributed by atoms with E-state index in [1.807, 2.05) is 13.1 Å². The van der Waals surface area contributed by atoms with Crippen molar-refractivity contribution in [2.24, 2.45) is 0 Å². The van der Waals surface area contributed by atoms with Crippen molar-refractivity contribution >= 4 is 5.97 Å². The van der Waals surface area contributed by atoms with Gasteiger partial charge in [0, 0.05) is 12.4 Å². The monoisotopic (exact) mass is 217 g/mol. The van der Waals surface area contributed by atoms with E-state index in [-0.39, 0.29) is 5.56 Å². The largest absolute Gasteiger partial charge is 0.478 e. The van der Waals surface area contributed by atoms with Crippen molar-refractivity contribution in [1.82, 2.24) is 14.8 Å². The Bertz CT molecular complexity index is 502. The second-order valence-electron chi connectivity index (χ2n) is 3.56. The molecule has 0 radical (unpaired) electrons. The summed E-state index contributed by atoms with van der Waals surface area (Å²) in [6, 6.07) is 3.24. The third-order valence-electron chi connectivity index (χ3n) is 2.16. The van der Waals surface area contributed by atoms with Gasteiger partial charge in [0.2, 0.25) is 0 Å². The summed E-state index contributed by atoms with van der Waals surface area (Å²) in [5.41, 5.74) is 2.07. The molecule has 0 aromatic carbocycles. The number of aromatic carboxylic acids is 1. The minimum absolute atomic E-state index is 0.195. The van der Waals surface area contributed by atoms with Gasteiger partial charge in [-0.2, -0.15) is 5.10 Å². The zero-order valence-corrected chi connectivity index (χ0v) is 8.79. The summed E-state index contributed by atoms with van der Waals surface area (Å²) in [6.07, 6.45) is 5.03. The van der Waals surface area contributed by atoms with E-state index in [0.717, 1.165) is 11.3 Å². The second-order valence-corrected chi connectivity index (χ2v) is 3.56. The number of nitrogens with zero attached hydrogens (tertiary/aromatic N) is 3. The molecule has 5 nitrogen and oxygen atoms in total. The molecule has 82 valence electrons. The van der Waals surface area contributed by atoms with Gasteiger partial charge in [0.15, 0.2) is 0 Å². The minimum atomic E-state index is -0.964.